The lowest BCUT2D eigenvalue weighted by Crippen LogP contribution is -2.40. The number of piperidine rings is 1. The maximum atomic E-state index is 13.4. The van der Waals surface area contributed by atoms with Gasteiger partial charge in [-0.1, -0.05) is 17.3 Å². The number of rotatable bonds is 3. The van der Waals surface area contributed by atoms with Gasteiger partial charge in [-0.25, -0.2) is 4.39 Å². The van der Waals surface area contributed by atoms with Crippen molar-refractivity contribution in [3.63, 3.8) is 0 Å². The highest BCUT2D eigenvalue weighted by Crippen LogP contribution is 2.49. The number of benzene rings is 1. The van der Waals surface area contributed by atoms with Crippen molar-refractivity contribution in [1.82, 2.24) is 15.0 Å². The number of hydrogen-bond donors (Lipinski definition) is 0. The van der Waals surface area contributed by atoms with Gasteiger partial charge in [0, 0.05) is 31.8 Å². The van der Waals surface area contributed by atoms with Crippen LogP contribution in [0.25, 0.3) is 0 Å². The Kier molecular flexibility index (Phi) is 3.82. The Hall–Kier alpha value is -2.24. The first kappa shape index (κ1) is 15.3. The molecule has 1 aromatic carbocycles. The van der Waals surface area contributed by atoms with E-state index in [9.17, 15) is 9.18 Å². The molecule has 5 nitrogen and oxygen atoms in total. The summed E-state index contributed by atoms with van der Waals surface area (Å²) in [5.41, 5.74) is 0.927. The molecule has 0 spiro atoms. The molecule has 6 heteroatoms. The van der Waals surface area contributed by atoms with Crippen LogP contribution in [0.15, 0.2) is 28.8 Å². The summed E-state index contributed by atoms with van der Waals surface area (Å²) in [6.07, 6.45) is 2.73. The minimum absolute atomic E-state index is 0.0162. The van der Waals surface area contributed by atoms with Crippen molar-refractivity contribution in [1.29, 1.82) is 0 Å². The fourth-order valence-electron chi connectivity index (χ4n) is 3.68. The second kappa shape index (κ2) is 6.00. The summed E-state index contributed by atoms with van der Waals surface area (Å²) in [6.45, 7) is 3.19. The van der Waals surface area contributed by atoms with Gasteiger partial charge in [0.15, 0.2) is 5.82 Å². The fourth-order valence-corrected chi connectivity index (χ4v) is 3.68. The lowest BCUT2D eigenvalue weighted by atomic mass is 9.96. The Bertz CT molecular complexity index is 760. The van der Waals surface area contributed by atoms with E-state index in [0.29, 0.717) is 18.3 Å². The van der Waals surface area contributed by atoms with Gasteiger partial charge in [-0.05, 0) is 42.9 Å². The maximum absolute atomic E-state index is 13.4. The van der Waals surface area contributed by atoms with Crippen molar-refractivity contribution in [2.75, 3.05) is 13.1 Å². The smallest absolute Gasteiger partial charge is 0.226 e. The Labute approximate surface area is 139 Å². The van der Waals surface area contributed by atoms with E-state index in [1.807, 2.05) is 11.0 Å². The molecule has 2 fully saturated rings. The predicted molar refractivity (Wildman–Crippen MR) is 84.8 cm³/mol. The SMILES string of the molecule is Cc1nc([C@@H]2CCCN(C(=O)[C@@H]3C[C@H]3c3cccc(F)c3)C2)no1. The van der Waals surface area contributed by atoms with Gasteiger partial charge in [0.1, 0.15) is 5.82 Å². The minimum Gasteiger partial charge on any atom is -0.342 e. The Morgan fingerprint density at radius 2 is 2.29 bits per heavy atom. The molecule has 1 saturated heterocycles. The van der Waals surface area contributed by atoms with Crippen LogP contribution in [0.2, 0.25) is 0 Å². The number of halogens is 1. The van der Waals surface area contributed by atoms with Crippen LogP contribution in [0.4, 0.5) is 4.39 Å². The lowest BCUT2D eigenvalue weighted by Gasteiger charge is -2.31. The van der Waals surface area contributed by atoms with Gasteiger partial charge < -0.3 is 9.42 Å². The number of aryl methyl sites for hydroxylation is 1. The summed E-state index contributed by atoms with van der Waals surface area (Å²) in [6, 6.07) is 6.59. The van der Waals surface area contributed by atoms with Gasteiger partial charge in [0.2, 0.25) is 11.8 Å². The second-order valence-corrected chi connectivity index (χ2v) is 6.80. The molecule has 3 atom stereocenters. The molecule has 2 aliphatic rings. The number of hydrogen-bond acceptors (Lipinski definition) is 4. The minimum atomic E-state index is -0.240. The number of aromatic nitrogens is 2. The van der Waals surface area contributed by atoms with Crippen LogP contribution < -0.4 is 0 Å². The van der Waals surface area contributed by atoms with E-state index in [1.54, 1.807) is 19.1 Å². The van der Waals surface area contributed by atoms with E-state index in [4.69, 9.17) is 4.52 Å². The molecule has 2 aromatic rings. The molecule has 1 aliphatic heterocycles. The molecule has 24 heavy (non-hydrogen) atoms. The number of carbonyl (C=O) groups excluding carboxylic acids is 1. The molecule has 0 unspecified atom stereocenters. The molecule has 0 bridgehead atoms. The van der Waals surface area contributed by atoms with Gasteiger partial charge in [-0.2, -0.15) is 4.98 Å². The van der Waals surface area contributed by atoms with Gasteiger partial charge in [-0.3, -0.25) is 4.79 Å². The standard InChI is InChI=1S/C18H20FN3O2/c1-11-20-17(21-24-11)13-5-3-7-22(10-13)18(23)16-9-15(16)12-4-2-6-14(19)8-12/h2,4,6,8,13,15-16H,3,5,7,9-10H2,1H3/t13-,15+,16-/m1/s1. The summed E-state index contributed by atoms with van der Waals surface area (Å²) < 4.78 is 18.4. The fraction of sp³-hybridized carbons (Fsp3) is 0.500. The zero-order chi connectivity index (χ0) is 16.7. The third kappa shape index (κ3) is 2.92. The molecular weight excluding hydrogens is 309 g/mol. The van der Waals surface area contributed by atoms with E-state index >= 15 is 0 Å². The summed E-state index contributed by atoms with van der Waals surface area (Å²) in [7, 11) is 0. The van der Waals surface area contributed by atoms with Crippen molar-refractivity contribution in [3.05, 3.63) is 47.4 Å². The number of carbonyl (C=O) groups is 1. The van der Waals surface area contributed by atoms with Crippen LogP contribution in [0.3, 0.4) is 0 Å². The summed E-state index contributed by atoms with van der Waals surface area (Å²) in [5.74, 6) is 1.47. The highest BCUT2D eigenvalue weighted by atomic mass is 19.1. The first-order valence-electron chi connectivity index (χ1n) is 8.46. The zero-order valence-corrected chi connectivity index (χ0v) is 13.6. The molecule has 1 aliphatic carbocycles. The Balaban J connectivity index is 1.42. The van der Waals surface area contributed by atoms with Gasteiger partial charge in [-0.15, -0.1) is 0 Å². The maximum Gasteiger partial charge on any atom is 0.226 e. The normalized spacial score (nSPS) is 26.4. The molecule has 0 N–H and O–H groups in total. The Morgan fingerprint density at radius 1 is 1.42 bits per heavy atom. The molecule has 1 aromatic heterocycles. The predicted octanol–water partition coefficient (Wildman–Crippen LogP) is 3.03. The highest BCUT2D eigenvalue weighted by Gasteiger charge is 2.46. The van der Waals surface area contributed by atoms with E-state index in [2.05, 4.69) is 10.1 Å². The van der Waals surface area contributed by atoms with E-state index in [-0.39, 0.29) is 29.5 Å². The lowest BCUT2D eigenvalue weighted by molar-refractivity contribution is -0.133. The van der Waals surface area contributed by atoms with Crippen molar-refractivity contribution in [2.24, 2.45) is 5.92 Å². The van der Waals surface area contributed by atoms with Crippen molar-refractivity contribution in [3.8, 4) is 0 Å². The summed E-state index contributed by atoms with van der Waals surface area (Å²) in [4.78, 5) is 19.0. The van der Waals surface area contributed by atoms with E-state index in [1.165, 1.54) is 6.07 Å². The number of amides is 1. The van der Waals surface area contributed by atoms with E-state index in [0.717, 1.165) is 31.4 Å². The van der Waals surface area contributed by atoms with E-state index < -0.39 is 0 Å². The monoisotopic (exact) mass is 329 g/mol. The first-order chi connectivity index (χ1) is 11.6. The number of nitrogens with zero attached hydrogens (tertiary/aromatic N) is 3. The largest absolute Gasteiger partial charge is 0.342 e. The third-order valence-electron chi connectivity index (χ3n) is 5.03. The molecule has 1 saturated carbocycles. The summed E-state index contributed by atoms with van der Waals surface area (Å²) >= 11 is 0. The molecule has 1 amide bonds. The van der Waals surface area contributed by atoms with Gasteiger partial charge in [0.05, 0.1) is 0 Å². The van der Waals surface area contributed by atoms with Crippen molar-refractivity contribution in [2.45, 2.75) is 38.0 Å². The quantitative estimate of drug-likeness (QED) is 0.868. The zero-order valence-electron chi connectivity index (χ0n) is 13.6. The van der Waals surface area contributed by atoms with Crippen LogP contribution >= 0.6 is 0 Å². The Morgan fingerprint density at radius 3 is 3.04 bits per heavy atom. The van der Waals surface area contributed by atoms with Gasteiger partial charge in [0.25, 0.3) is 0 Å². The number of likely N-dealkylation sites (tertiary alicyclic amines) is 1. The van der Waals surface area contributed by atoms with Crippen molar-refractivity contribution < 1.29 is 13.7 Å². The third-order valence-corrected chi connectivity index (χ3v) is 5.03. The molecule has 0 radical (unpaired) electrons. The molecule has 2 heterocycles. The highest BCUT2D eigenvalue weighted by molar-refractivity contribution is 5.83. The van der Waals surface area contributed by atoms with Crippen LogP contribution in [0.5, 0.6) is 0 Å². The van der Waals surface area contributed by atoms with Crippen LogP contribution in [-0.2, 0) is 4.79 Å². The topological polar surface area (TPSA) is 59.2 Å². The van der Waals surface area contributed by atoms with Gasteiger partial charge >= 0.3 is 0 Å². The average Bonchev–Trinajstić information content (AvgIpc) is 3.28. The second-order valence-electron chi connectivity index (χ2n) is 6.80. The van der Waals surface area contributed by atoms with Crippen LogP contribution in [0, 0.1) is 18.7 Å². The van der Waals surface area contributed by atoms with Crippen molar-refractivity contribution >= 4 is 5.91 Å². The molecular formula is C18H20FN3O2. The average molecular weight is 329 g/mol. The van der Waals surface area contributed by atoms with Crippen LogP contribution in [0.1, 0.15) is 48.4 Å². The van der Waals surface area contributed by atoms with Crippen LogP contribution in [-0.4, -0.2) is 34.0 Å². The molecule has 126 valence electrons. The first-order valence-corrected chi connectivity index (χ1v) is 8.46. The summed E-state index contributed by atoms with van der Waals surface area (Å²) in [5, 5.41) is 4.00. The molecule has 4 rings (SSSR count).